The summed E-state index contributed by atoms with van der Waals surface area (Å²) in [4.78, 5) is 2.45. The molecule has 17 heavy (non-hydrogen) atoms. The molecule has 1 aromatic carbocycles. The predicted octanol–water partition coefficient (Wildman–Crippen LogP) is 2.08. The molecule has 1 aliphatic heterocycles. The lowest BCUT2D eigenvalue weighted by Crippen LogP contribution is -2.46. The third kappa shape index (κ3) is 3.55. The van der Waals surface area contributed by atoms with Gasteiger partial charge in [-0.1, -0.05) is 29.8 Å². The molecule has 1 saturated heterocycles. The third-order valence-electron chi connectivity index (χ3n) is 3.77. The van der Waals surface area contributed by atoms with Crippen LogP contribution in [0.5, 0.6) is 0 Å². The van der Waals surface area contributed by atoms with Gasteiger partial charge in [-0.25, -0.2) is 0 Å². The first-order valence-corrected chi connectivity index (χ1v) is 6.58. The lowest BCUT2D eigenvalue weighted by atomic mass is 9.89. The maximum atomic E-state index is 3.42. The fourth-order valence-electron chi connectivity index (χ4n) is 2.86. The van der Waals surface area contributed by atoms with Crippen LogP contribution in [0.4, 0.5) is 0 Å². The molecule has 2 atom stereocenters. The van der Waals surface area contributed by atoms with Crippen molar-refractivity contribution < 1.29 is 0 Å². The van der Waals surface area contributed by atoms with Crippen LogP contribution in [0.2, 0.25) is 0 Å². The number of piperidine rings is 1. The van der Waals surface area contributed by atoms with Crippen LogP contribution in [0.1, 0.15) is 17.5 Å². The van der Waals surface area contributed by atoms with Crippen molar-refractivity contribution in [2.45, 2.75) is 25.8 Å². The molecule has 0 amide bonds. The van der Waals surface area contributed by atoms with Crippen molar-refractivity contribution >= 4 is 0 Å². The highest BCUT2D eigenvalue weighted by Gasteiger charge is 2.24. The summed E-state index contributed by atoms with van der Waals surface area (Å²) in [6, 6.07) is 9.65. The standard InChI is InChI=1S/C15H24N2/c1-12-4-6-13(7-5-12)8-14-9-15(16-2)11-17(3)10-14/h4-7,14-16H,8-11H2,1-3H3. The zero-order valence-corrected chi connectivity index (χ0v) is 11.2. The van der Waals surface area contributed by atoms with E-state index in [0.29, 0.717) is 6.04 Å². The van der Waals surface area contributed by atoms with Gasteiger partial charge in [0.15, 0.2) is 0 Å². The van der Waals surface area contributed by atoms with Crippen LogP contribution < -0.4 is 5.32 Å². The molecular formula is C15H24N2. The summed E-state index contributed by atoms with van der Waals surface area (Å²) in [5.41, 5.74) is 2.83. The minimum atomic E-state index is 0.657. The molecule has 0 aromatic heterocycles. The monoisotopic (exact) mass is 232 g/mol. The lowest BCUT2D eigenvalue weighted by Gasteiger charge is -2.35. The highest BCUT2D eigenvalue weighted by atomic mass is 15.1. The Kier molecular flexibility index (Phi) is 4.19. The Labute approximate surface area is 105 Å². The molecule has 1 fully saturated rings. The van der Waals surface area contributed by atoms with Crippen molar-refractivity contribution in [3.8, 4) is 0 Å². The van der Waals surface area contributed by atoms with Gasteiger partial charge >= 0.3 is 0 Å². The second-order valence-electron chi connectivity index (χ2n) is 5.50. The highest BCUT2D eigenvalue weighted by Crippen LogP contribution is 2.20. The first-order chi connectivity index (χ1) is 8.17. The summed E-state index contributed by atoms with van der Waals surface area (Å²) in [5, 5.41) is 3.42. The number of nitrogens with zero attached hydrogens (tertiary/aromatic N) is 1. The van der Waals surface area contributed by atoms with Crippen LogP contribution >= 0.6 is 0 Å². The van der Waals surface area contributed by atoms with E-state index in [1.165, 1.54) is 37.1 Å². The fraction of sp³-hybridized carbons (Fsp3) is 0.600. The quantitative estimate of drug-likeness (QED) is 0.858. The summed E-state index contributed by atoms with van der Waals surface area (Å²) >= 11 is 0. The summed E-state index contributed by atoms with van der Waals surface area (Å²) in [6.45, 7) is 4.56. The smallest absolute Gasteiger partial charge is 0.0195 e. The van der Waals surface area contributed by atoms with E-state index in [4.69, 9.17) is 0 Å². The number of hydrogen-bond donors (Lipinski definition) is 1. The number of nitrogens with one attached hydrogen (secondary N) is 1. The number of likely N-dealkylation sites (N-methyl/N-ethyl adjacent to an activating group) is 2. The number of benzene rings is 1. The van der Waals surface area contributed by atoms with E-state index in [0.717, 1.165) is 5.92 Å². The van der Waals surface area contributed by atoms with Gasteiger partial charge in [-0.3, -0.25) is 0 Å². The molecule has 0 saturated carbocycles. The summed E-state index contributed by atoms with van der Waals surface area (Å²) in [6.07, 6.45) is 2.51. The highest BCUT2D eigenvalue weighted by molar-refractivity contribution is 5.21. The van der Waals surface area contributed by atoms with Crippen LogP contribution in [-0.4, -0.2) is 38.1 Å². The lowest BCUT2D eigenvalue weighted by molar-refractivity contribution is 0.173. The predicted molar refractivity (Wildman–Crippen MR) is 73.3 cm³/mol. The van der Waals surface area contributed by atoms with E-state index in [2.05, 4.69) is 55.5 Å². The normalized spacial score (nSPS) is 26.1. The Morgan fingerprint density at radius 3 is 2.59 bits per heavy atom. The molecule has 2 rings (SSSR count). The van der Waals surface area contributed by atoms with Gasteiger partial charge in [0.05, 0.1) is 0 Å². The Balaban J connectivity index is 1.95. The molecule has 0 radical (unpaired) electrons. The SMILES string of the molecule is CNC1CC(Cc2ccc(C)cc2)CN(C)C1. The van der Waals surface area contributed by atoms with E-state index >= 15 is 0 Å². The number of rotatable bonds is 3. The van der Waals surface area contributed by atoms with E-state index in [1.54, 1.807) is 0 Å². The van der Waals surface area contributed by atoms with Crippen LogP contribution in [0.25, 0.3) is 0 Å². The van der Waals surface area contributed by atoms with Crippen LogP contribution in [0.15, 0.2) is 24.3 Å². The van der Waals surface area contributed by atoms with Gasteiger partial charge in [0.25, 0.3) is 0 Å². The van der Waals surface area contributed by atoms with Gasteiger partial charge in [0.1, 0.15) is 0 Å². The molecule has 1 aliphatic rings. The zero-order chi connectivity index (χ0) is 12.3. The number of hydrogen-bond acceptors (Lipinski definition) is 2. The number of likely N-dealkylation sites (tertiary alicyclic amines) is 1. The second-order valence-corrected chi connectivity index (χ2v) is 5.50. The van der Waals surface area contributed by atoms with Crippen LogP contribution in [-0.2, 0) is 6.42 Å². The molecule has 2 nitrogen and oxygen atoms in total. The molecule has 94 valence electrons. The molecule has 2 heteroatoms. The minimum Gasteiger partial charge on any atom is -0.316 e. The van der Waals surface area contributed by atoms with Gasteiger partial charge in [0, 0.05) is 19.1 Å². The molecule has 1 N–H and O–H groups in total. The largest absolute Gasteiger partial charge is 0.316 e. The van der Waals surface area contributed by atoms with Crippen molar-refractivity contribution in [3.05, 3.63) is 35.4 Å². The molecule has 2 unspecified atom stereocenters. The van der Waals surface area contributed by atoms with Crippen LogP contribution in [0, 0.1) is 12.8 Å². The molecule has 1 aromatic rings. The topological polar surface area (TPSA) is 15.3 Å². The minimum absolute atomic E-state index is 0.657. The van der Waals surface area contributed by atoms with E-state index in [1.807, 2.05) is 0 Å². The molecule has 1 heterocycles. The molecule has 0 spiro atoms. The molecular weight excluding hydrogens is 208 g/mol. The first kappa shape index (κ1) is 12.6. The van der Waals surface area contributed by atoms with Crippen LogP contribution in [0.3, 0.4) is 0 Å². The maximum Gasteiger partial charge on any atom is 0.0195 e. The van der Waals surface area contributed by atoms with E-state index in [9.17, 15) is 0 Å². The first-order valence-electron chi connectivity index (χ1n) is 6.58. The molecule has 0 aliphatic carbocycles. The van der Waals surface area contributed by atoms with Crippen molar-refractivity contribution in [2.75, 3.05) is 27.2 Å². The maximum absolute atomic E-state index is 3.42. The van der Waals surface area contributed by atoms with E-state index in [-0.39, 0.29) is 0 Å². The Morgan fingerprint density at radius 2 is 1.94 bits per heavy atom. The van der Waals surface area contributed by atoms with Gasteiger partial charge in [-0.2, -0.15) is 0 Å². The van der Waals surface area contributed by atoms with Crippen molar-refractivity contribution in [3.63, 3.8) is 0 Å². The number of aryl methyl sites for hydroxylation is 1. The van der Waals surface area contributed by atoms with Gasteiger partial charge in [-0.15, -0.1) is 0 Å². The Hall–Kier alpha value is -0.860. The molecule has 0 bridgehead atoms. The summed E-state index contributed by atoms with van der Waals surface area (Å²) in [5.74, 6) is 0.786. The second kappa shape index (κ2) is 5.65. The summed E-state index contributed by atoms with van der Waals surface area (Å²) < 4.78 is 0. The van der Waals surface area contributed by atoms with Crippen molar-refractivity contribution in [2.24, 2.45) is 5.92 Å². The van der Waals surface area contributed by atoms with Crippen molar-refractivity contribution in [1.29, 1.82) is 0 Å². The van der Waals surface area contributed by atoms with Gasteiger partial charge in [0.2, 0.25) is 0 Å². The summed E-state index contributed by atoms with van der Waals surface area (Å²) in [7, 11) is 4.30. The van der Waals surface area contributed by atoms with E-state index < -0.39 is 0 Å². The average Bonchev–Trinajstić information content (AvgIpc) is 2.31. The zero-order valence-electron chi connectivity index (χ0n) is 11.2. The Morgan fingerprint density at radius 1 is 1.24 bits per heavy atom. The van der Waals surface area contributed by atoms with Gasteiger partial charge in [-0.05, 0) is 45.3 Å². The third-order valence-corrected chi connectivity index (χ3v) is 3.77. The average molecular weight is 232 g/mol. The van der Waals surface area contributed by atoms with Gasteiger partial charge < -0.3 is 10.2 Å². The Bertz CT molecular complexity index is 344. The fourth-order valence-corrected chi connectivity index (χ4v) is 2.86. The van der Waals surface area contributed by atoms with Crippen molar-refractivity contribution in [1.82, 2.24) is 10.2 Å².